The number of hydrogen-bond acceptors (Lipinski definition) is 4. The van der Waals surface area contributed by atoms with Crippen molar-refractivity contribution in [3.8, 4) is 0 Å². The van der Waals surface area contributed by atoms with Gasteiger partial charge in [0.05, 0.1) is 11.1 Å². The monoisotopic (exact) mass is 383 g/mol. The molecule has 3 atom stereocenters. The van der Waals surface area contributed by atoms with Crippen LogP contribution in [0.1, 0.15) is 66.7 Å². The maximum absolute atomic E-state index is 13.1. The molecule has 0 bridgehead atoms. The van der Waals surface area contributed by atoms with Crippen molar-refractivity contribution in [1.82, 2.24) is 9.80 Å². The van der Waals surface area contributed by atoms with Crippen LogP contribution in [-0.2, 0) is 4.79 Å². The van der Waals surface area contributed by atoms with Gasteiger partial charge in [-0.15, -0.1) is 0 Å². The fourth-order valence-corrected chi connectivity index (χ4v) is 5.04. The molecule has 3 amide bonds. The molecule has 1 aromatic carbocycles. The number of nitrogens with two attached hydrogens (primary N) is 1. The SMILES string of the molecule is CC1CN(C(=O)[C@H]2CC[C@H](N3C(=O)c4ccccc4C3=O)CC2)C(C)CC1N. The van der Waals surface area contributed by atoms with Crippen LogP contribution in [0, 0.1) is 11.8 Å². The van der Waals surface area contributed by atoms with Crippen molar-refractivity contribution in [3.63, 3.8) is 0 Å². The third kappa shape index (κ3) is 3.13. The lowest BCUT2D eigenvalue weighted by Gasteiger charge is -2.43. The molecule has 1 saturated heterocycles. The van der Waals surface area contributed by atoms with Gasteiger partial charge < -0.3 is 10.6 Å². The van der Waals surface area contributed by atoms with Gasteiger partial charge in [-0.2, -0.15) is 0 Å². The smallest absolute Gasteiger partial charge is 0.261 e. The van der Waals surface area contributed by atoms with E-state index in [4.69, 9.17) is 5.73 Å². The van der Waals surface area contributed by atoms with E-state index >= 15 is 0 Å². The number of piperidine rings is 1. The van der Waals surface area contributed by atoms with E-state index in [2.05, 4.69) is 13.8 Å². The highest BCUT2D eigenvalue weighted by Gasteiger charge is 2.42. The van der Waals surface area contributed by atoms with Crippen molar-refractivity contribution >= 4 is 17.7 Å². The zero-order valence-electron chi connectivity index (χ0n) is 16.6. The van der Waals surface area contributed by atoms with Gasteiger partial charge in [0.2, 0.25) is 5.91 Å². The van der Waals surface area contributed by atoms with Crippen LogP contribution in [0.25, 0.3) is 0 Å². The van der Waals surface area contributed by atoms with Gasteiger partial charge in [0.25, 0.3) is 11.8 Å². The molecule has 1 aliphatic carbocycles. The molecule has 28 heavy (non-hydrogen) atoms. The molecular formula is C22H29N3O3. The molecule has 150 valence electrons. The second kappa shape index (κ2) is 7.32. The minimum atomic E-state index is -0.192. The predicted molar refractivity (Wildman–Crippen MR) is 106 cm³/mol. The Morgan fingerprint density at radius 1 is 1.00 bits per heavy atom. The minimum Gasteiger partial charge on any atom is -0.339 e. The van der Waals surface area contributed by atoms with Gasteiger partial charge in [-0.1, -0.05) is 19.1 Å². The van der Waals surface area contributed by atoms with Crippen LogP contribution in [0.2, 0.25) is 0 Å². The number of likely N-dealkylation sites (tertiary alicyclic amines) is 1. The normalized spacial score (nSPS) is 33.2. The molecule has 4 rings (SSSR count). The third-order valence-electron chi connectivity index (χ3n) is 6.88. The summed E-state index contributed by atoms with van der Waals surface area (Å²) in [6.07, 6.45) is 3.68. The molecule has 1 saturated carbocycles. The Morgan fingerprint density at radius 2 is 1.57 bits per heavy atom. The third-order valence-corrected chi connectivity index (χ3v) is 6.88. The second-order valence-electron chi connectivity index (χ2n) is 8.75. The Balaban J connectivity index is 1.40. The Morgan fingerprint density at radius 3 is 2.14 bits per heavy atom. The van der Waals surface area contributed by atoms with Gasteiger partial charge in [0.15, 0.2) is 0 Å². The van der Waals surface area contributed by atoms with Gasteiger partial charge in [-0.05, 0) is 57.1 Å². The predicted octanol–water partition coefficient (Wildman–Crippen LogP) is 2.43. The lowest BCUT2D eigenvalue weighted by atomic mass is 9.82. The van der Waals surface area contributed by atoms with Crippen LogP contribution in [0.3, 0.4) is 0 Å². The Labute approximate surface area is 166 Å². The maximum atomic E-state index is 13.1. The zero-order valence-corrected chi connectivity index (χ0v) is 16.6. The number of carbonyl (C=O) groups excluding carboxylic acids is 3. The van der Waals surface area contributed by atoms with Crippen molar-refractivity contribution in [2.45, 2.75) is 64.1 Å². The Hall–Kier alpha value is -2.21. The standard InChI is InChI=1S/C22H29N3O3/c1-13-12-24(14(2)11-19(13)23)20(26)15-7-9-16(10-8-15)25-21(27)17-5-3-4-6-18(17)22(25)28/h3-6,13-16,19H,7-12,23H2,1-2H3/t13?,14?,15-,16-,19?. The number of rotatable bonds is 2. The topological polar surface area (TPSA) is 83.7 Å². The lowest BCUT2D eigenvalue weighted by Crippen LogP contribution is -2.54. The highest BCUT2D eigenvalue weighted by Crippen LogP contribution is 2.35. The first-order valence-corrected chi connectivity index (χ1v) is 10.4. The van der Waals surface area contributed by atoms with E-state index in [0.29, 0.717) is 29.9 Å². The van der Waals surface area contributed by atoms with Crippen molar-refractivity contribution in [3.05, 3.63) is 35.4 Å². The van der Waals surface area contributed by atoms with Gasteiger partial charge in [-0.3, -0.25) is 19.3 Å². The van der Waals surface area contributed by atoms with E-state index < -0.39 is 0 Å². The van der Waals surface area contributed by atoms with E-state index in [1.165, 1.54) is 4.90 Å². The maximum Gasteiger partial charge on any atom is 0.261 e. The number of imide groups is 1. The van der Waals surface area contributed by atoms with Crippen molar-refractivity contribution < 1.29 is 14.4 Å². The zero-order chi connectivity index (χ0) is 20.0. The Bertz CT molecular complexity index is 765. The number of amides is 3. The quantitative estimate of drug-likeness (QED) is 0.795. The molecule has 2 heterocycles. The molecule has 0 aromatic heterocycles. The number of carbonyl (C=O) groups is 3. The Kier molecular flexibility index (Phi) is 5.00. The van der Waals surface area contributed by atoms with E-state index in [-0.39, 0.29) is 41.8 Å². The molecule has 6 heteroatoms. The number of benzene rings is 1. The number of fused-ring (bicyclic) bond motifs is 1. The van der Waals surface area contributed by atoms with E-state index in [0.717, 1.165) is 25.8 Å². The van der Waals surface area contributed by atoms with Crippen molar-refractivity contribution in [2.75, 3.05) is 6.54 Å². The first kappa shape index (κ1) is 19.1. The summed E-state index contributed by atoms with van der Waals surface area (Å²) < 4.78 is 0. The van der Waals surface area contributed by atoms with E-state index in [9.17, 15) is 14.4 Å². The van der Waals surface area contributed by atoms with Gasteiger partial charge in [-0.25, -0.2) is 0 Å². The fourth-order valence-electron chi connectivity index (χ4n) is 5.04. The average Bonchev–Trinajstić information content (AvgIpc) is 2.95. The van der Waals surface area contributed by atoms with Crippen LogP contribution in [0.5, 0.6) is 0 Å². The van der Waals surface area contributed by atoms with Crippen LogP contribution in [0.4, 0.5) is 0 Å². The van der Waals surface area contributed by atoms with Gasteiger partial charge in [0.1, 0.15) is 0 Å². The summed E-state index contributed by atoms with van der Waals surface area (Å²) in [5.74, 6) is 0.128. The van der Waals surface area contributed by atoms with Crippen LogP contribution in [0.15, 0.2) is 24.3 Å². The molecule has 1 aromatic rings. The first-order valence-electron chi connectivity index (χ1n) is 10.4. The first-order chi connectivity index (χ1) is 13.4. The summed E-state index contributed by atoms with van der Waals surface area (Å²) in [7, 11) is 0. The largest absolute Gasteiger partial charge is 0.339 e. The van der Waals surface area contributed by atoms with Crippen LogP contribution < -0.4 is 5.73 Å². The summed E-state index contributed by atoms with van der Waals surface area (Å²) in [5.41, 5.74) is 7.15. The molecule has 0 spiro atoms. The van der Waals surface area contributed by atoms with Crippen molar-refractivity contribution in [2.24, 2.45) is 17.6 Å². The lowest BCUT2D eigenvalue weighted by molar-refractivity contribution is -0.141. The molecule has 0 radical (unpaired) electrons. The second-order valence-corrected chi connectivity index (χ2v) is 8.75. The van der Waals surface area contributed by atoms with Gasteiger partial charge in [0, 0.05) is 30.6 Å². The van der Waals surface area contributed by atoms with Gasteiger partial charge >= 0.3 is 0 Å². The number of hydrogen-bond donors (Lipinski definition) is 1. The molecular weight excluding hydrogens is 354 g/mol. The molecule has 2 N–H and O–H groups in total. The minimum absolute atomic E-state index is 0.0181. The summed E-state index contributed by atoms with van der Waals surface area (Å²) in [6.45, 7) is 4.91. The summed E-state index contributed by atoms with van der Waals surface area (Å²) in [4.78, 5) is 41.9. The van der Waals surface area contributed by atoms with Crippen LogP contribution >= 0.6 is 0 Å². The average molecular weight is 383 g/mol. The molecule has 2 fully saturated rings. The highest BCUT2D eigenvalue weighted by molar-refractivity contribution is 6.21. The molecule has 2 aliphatic heterocycles. The highest BCUT2D eigenvalue weighted by atomic mass is 16.2. The van der Waals surface area contributed by atoms with E-state index in [1.54, 1.807) is 24.3 Å². The molecule has 3 aliphatic rings. The summed E-state index contributed by atoms with van der Waals surface area (Å²) in [5, 5.41) is 0. The fraction of sp³-hybridized carbons (Fsp3) is 0.591. The van der Waals surface area contributed by atoms with Crippen molar-refractivity contribution in [1.29, 1.82) is 0 Å². The molecule has 6 nitrogen and oxygen atoms in total. The number of nitrogens with zero attached hydrogens (tertiary/aromatic N) is 2. The summed E-state index contributed by atoms with van der Waals surface area (Å²) >= 11 is 0. The van der Waals surface area contributed by atoms with E-state index in [1.807, 2.05) is 4.90 Å². The summed E-state index contributed by atoms with van der Waals surface area (Å²) in [6, 6.07) is 7.23. The molecule has 3 unspecified atom stereocenters. The van der Waals surface area contributed by atoms with Crippen LogP contribution in [-0.4, -0.2) is 52.2 Å².